The fraction of sp³-hybridized carbons (Fsp3) is 0.188. The van der Waals surface area contributed by atoms with Crippen LogP contribution < -0.4 is 20.3 Å². The van der Waals surface area contributed by atoms with Gasteiger partial charge >= 0.3 is 0 Å². The number of carbonyl (C=O) groups is 2. The van der Waals surface area contributed by atoms with Crippen LogP contribution in [0.15, 0.2) is 36.5 Å². The van der Waals surface area contributed by atoms with Gasteiger partial charge in [0.25, 0.3) is 11.8 Å². The molecule has 2 N–H and O–H groups in total. The second-order valence-corrected chi connectivity index (χ2v) is 5.27. The molecule has 0 unspecified atom stereocenters. The highest BCUT2D eigenvalue weighted by molar-refractivity contribution is 6.08. The first kappa shape index (κ1) is 14.8. The largest absolute Gasteiger partial charge is 0.482 e. The van der Waals surface area contributed by atoms with Gasteiger partial charge in [-0.1, -0.05) is 0 Å². The van der Waals surface area contributed by atoms with Crippen LogP contribution in [0, 0.1) is 0 Å². The first-order valence-corrected chi connectivity index (χ1v) is 7.05. The third-order valence-electron chi connectivity index (χ3n) is 3.33. The Balaban J connectivity index is 1.84. The predicted molar refractivity (Wildman–Crippen MR) is 87.1 cm³/mol. The molecule has 118 valence electrons. The van der Waals surface area contributed by atoms with Crippen molar-refractivity contribution in [1.82, 2.24) is 4.98 Å². The van der Waals surface area contributed by atoms with Crippen molar-refractivity contribution in [2.45, 2.75) is 0 Å². The van der Waals surface area contributed by atoms with Crippen molar-refractivity contribution < 1.29 is 14.3 Å². The number of ether oxygens (including phenoxy) is 1. The van der Waals surface area contributed by atoms with E-state index in [2.05, 4.69) is 15.6 Å². The SMILES string of the molecule is CN(C)c1ncccc1C(=O)Nc1ccc2c(c1)NC(=O)CO2. The standard InChI is InChI=1S/C16H16N4O3/c1-20(2)15-11(4-3-7-17-15)16(22)18-10-5-6-13-12(8-10)19-14(21)9-23-13/h3-8H,9H2,1-2H3,(H,18,22)(H,19,21). The number of hydrogen-bond acceptors (Lipinski definition) is 5. The summed E-state index contributed by atoms with van der Waals surface area (Å²) in [7, 11) is 3.65. The summed E-state index contributed by atoms with van der Waals surface area (Å²) in [5.74, 6) is 0.672. The molecular weight excluding hydrogens is 296 g/mol. The van der Waals surface area contributed by atoms with Crippen molar-refractivity contribution in [2.75, 3.05) is 36.2 Å². The van der Waals surface area contributed by atoms with Crippen molar-refractivity contribution in [3.63, 3.8) is 0 Å². The third kappa shape index (κ3) is 3.08. The average Bonchev–Trinajstić information content (AvgIpc) is 2.54. The molecule has 0 aliphatic carbocycles. The maximum absolute atomic E-state index is 12.5. The third-order valence-corrected chi connectivity index (χ3v) is 3.33. The first-order valence-electron chi connectivity index (χ1n) is 7.05. The normalized spacial score (nSPS) is 12.7. The lowest BCUT2D eigenvalue weighted by Crippen LogP contribution is -2.25. The summed E-state index contributed by atoms with van der Waals surface area (Å²) in [6.07, 6.45) is 1.64. The number of carbonyl (C=O) groups excluding carboxylic acids is 2. The molecule has 1 aliphatic rings. The second kappa shape index (κ2) is 5.96. The van der Waals surface area contributed by atoms with Gasteiger partial charge in [-0.25, -0.2) is 4.98 Å². The smallest absolute Gasteiger partial charge is 0.262 e. The van der Waals surface area contributed by atoms with Gasteiger partial charge in [-0.05, 0) is 30.3 Å². The molecular formula is C16H16N4O3. The summed E-state index contributed by atoms with van der Waals surface area (Å²) < 4.78 is 5.29. The molecule has 0 saturated heterocycles. The monoisotopic (exact) mass is 312 g/mol. The number of aromatic nitrogens is 1. The Morgan fingerprint density at radius 1 is 1.35 bits per heavy atom. The van der Waals surface area contributed by atoms with Gasteiger partial charge in [0.2, 0.25) is 0 Å². The fourth-order valence-corrected chi connectivity index (χ4v) is 2.29. The molecule has 0 bridgehead atoms. The molecule has 0 saturated carbocycles. The Morgan fingerprint density at radius 3 is 2.96 bits per heavy atom. The number of fused-ring (bicyclic) bond motifs is 1. The molecule has 3 rings (SSSR count). The van der Waals surface area contributed by atoms with Gasteiger partial charge in [0.1, 0.15) is 11.6 Å². The van der Waals surface area contributed by atoms with Crippen molar-refractivity contribution in [1.29, 1.82) is 0 Å². The van der Waals surface area contributed by atoms with Gasteiger partial charge in [0, 0.05) is 26.0 Å². The minimum absolute atomic E-state index is 0.000581. The van der Waals surface area contributed by atoms with Crippen molar-refractivity contribution in [3.05, 3.63) is 42.1 Å². The fourth-order valence-electron chi connectivity index (χ4n) is 2.29. The molecule has 2 aromatic rings. The van der Waals surface area contributed by atoms with Crippen LogP contribution in [-0.4, -0.2) is 37.5 Å². The van der Waals surface area contributed by atoms with E-state index in [4.69, 9.17) is 4.74 Å². The summed E-state index contributed by atoms with van der Waals surface area (Å²) in [6.45, 7) is 0.000581. The Bertz CT molecular complexity index is 774. The van der Waals surface area contributed by atoms with E-state index >= 15 is 0 Å². The number of amides is 2. The minimum atomic E-state index is -0.273. The molecule has 0 fully saturated rings. The van der Waals surface area contributed by atoms with Gasteiger partial charge in [-0.2, -0.15) is 0 Å². The maximum atomic E-state index is 12.5. The molecule has 7 heteroatoms. The quantitative estimate of drug-likeness (QED) is 0.902. The molecule has 0 atom stereocenters. The highest BCUT2D eigenvalue weighted by Gasteiger charge is 2.18. The van der Waals surface area contributed by atoms with Crippen LogP contribution in [0.1, 0.15) is 10.4 Å². The molecule has 1 aliphatic heterocycles. The van der Waals surface area contributed by atoms with E-state index in [1.54, 1.807) is 41.4 Å². The van der Waals surface area contributed by atoms with Crippen molar-refractivity contribution >= 4 is 29.0 Å². The van der Waals surface area contributed by atoms with E-state index in [-0.39, 0.29) is 18.4 Å². The van der Waals surface area contributed by atoms with E-state index in [0.717, 1.165) is 0 Å². The van der Waals surface area contributed by atoms with Crippen LogP contribution in [0.3, 0.4) is 0 Å². The lowest BCUT2D eigenvalue weighted by atomic mass is 10.2. The maximum Gasteiger partial charge on any atom is 0.262 e. The van der Waals surface area contributed by atoms with E-state index < -0.39 is 0 Å². The molecule has 7 nitrogen and oxygen atoms in total. The van der Waals surface area contributed by atoms with Gasteiger partial charge < -0.3 is 20.3 Å². The highest BCUT2D eigenvalue weighted by atomic mass is 16.5. The zero-order valence-electron chi connectivity index (χ0n) is 12.8. The molecule has 2 amide bonds. The number of anilines is 3. The number of rotatable bonds is 3. The molecule has 2 heterocycles. The van der Waals surface area contributed by atoms with Gasteiger partial charge in [-0.3, -0.25) is 9.59 Å². The Labute approximate surface area is 133 Å². The van der Waals surface area contributed by atoms with Crippen LogP contribution in [0.5, 0.6) is 5.75 Å². The molecule has 1 aromatic carbocycles. The number of benzene rings is 1. The summed E-state index contributed by atoms with van der Waals surface area (Å²) in [4.78, 5) is 29.8. The molecule has 23 heavy (non-hydrogen) atoms. The van der Waals surface area contributed by atoms with Gasteiger partial charge in [-0.15, -0.1) is 0 Å². The van der Waals surface area contributed by atoms with Crippen LogP contribution >= 0.6 is 0 Å². The van der Waals surface area contributed by atoms with E-state index in [9.17, 15) is 9.59 Å². The average molecular weight is 312 g/mol. The zero-order valence-corrected chi connectivity index (χ0v) is 12.8. The summed E-state index contributed by atoms with van der Waals surface area (Å²) >= 11 is 0. The summed E-state index contributed by atoms with van der Waals surface area (Å²) in [6, 6.07) is 8.51. The Hall–Kier alpha value is -3.09. The summed E-state index contributed by atoms with van der Waals surface area (Å²) in [5, 5.41) is 5.51. The van der Waals surface area contributed by atoms with Crippen LogP contribution in [0.25, 0.3) is 0 Å². The Kier molecular flexibility index (Phi) is 3.84. The number of pyridine rings is 1. The van der Waals surface area contributed by atoms with Gasteiger partial charge in [0.05, 0.1) is 11.3 Å². The number of hydrogen-bond donors (Lipinski definition) is 2. The lowest BCUT2D eigenvalue weighted by molar-refractivity contribution is -0.118. The topological polar surface area (TPSA) is 83.6 Å². The van der Waals surface area contributed by atoms with E-state index in [1.165, 1.54) is 0 Å². The minimum Gasteiger partial charge on any atom is -0.482 e. The first-order chi connectivity index (χ1) is 11.0. The van der Waals surface area contributed by atoms with Gasteiger partial charge in [0.15, 0.2) is 6.61 Å². The van der Waals surface area contributed by atoms with Crippen LogP contribution in [-0.2, 0) is 4.79 Å². The Morgan fingerprint density at radius 2 is 2.17 bits per heavy atom. The number of nitrogens with one attached hydrogen (secondary N) is 2. The van der Waals surface area contributed by atoms with Crippen molar-refractivity contribution in [2.24, 2.45) is 0 Å². The van der Waals surface area contributed by atoms with Crippen molar-refractivity contribution in [3.8, 4) is 5.75 Å². The number of nitrogens with zero attached hydrogens (tertiary/aromatic N) is 2. The predicted octanol–water partition coefficient (Wildman–Crippen LogP) is 1.73. The molecule has 0 spiro atoms. The highest BCUT2D eigenvalue weighted by Crippen LogP contribution is 2.30. The van der Waals surface area contributed by atoms with E-state index in [0.29, 0.717) is 28.5 Å². The van der Waals surface area contributed by atoms with E-state index in [1.807, 2.05) is 14.1 Å². The van der Waals surface area contributed by atoms with Crippen LogP contribution in [0.4, 0.5) is 17.2 Å². The lowest BCUT2D eigenvalue weighted by Gasteiger charge is -2.19. The summed E-state index contributed by atoms with van der Waals surface area (Å²) in [5.41, 5.74) is 1.57. The molecule has 0 radical (unpaired) electrons. The molecule has 1 aromatic heterocycles. The van der Waals surface area contributed by atoms with Crippen LogP contribution in [0.2, 0.25) is 0 Å². The zero-order chi connectivity index (χ0) is 16.4. The second-order valence-electron chi connectivity index (χ2n) is 5.27.